The van der Waals surface area contributed by atoms with E-state index < -0.39 is 32.1 Å². The highest BCUT2D eigenvalue weighted by Crippen LogP contribution is 2.28. The van der Waals surface area contributed by atoms with Gasteiger partial charge in [0.2, 0.25) is 10.0 Å². The number of sulfonamides is 1. The summed E-state index contributed by atoms with van der Waals surface area (Å²) in [5.41, 5.74) is 3.32. The Morgan fingerprint density at radius 3 is 2.36 bits per heavy atom. The lowest BCUT2D eigenvalue weighted by atomic mass is 10.1. The van der Waals surface area contributed by atoms with Crippen LogP contribution in [0.2, 0.25) is 0 Å². The third-order valence-electron chi connectivity index (χ3n) is 3.58. The Labute approximate surface area is 159 Å². The molecule has 0 atom stereocenters. The summed E-state index contributed by atoms with van der Waals surface area (Å²) in [6.07, 6.45) is 1.32. The zero-order valence-corrected chi connectivity index (χ0v) is 15.5. The van der Waals surface area contributed by atoms with E-state index in [1.807, 2.05) is 0 Å². The smallest absolute Gasteiger partial charge is 0.387 e. The third kappa shape index (κ3) is 5.20. The molecule has 150 valence electrons. The number of hydrazone groups is 1. The second-order valence-electron chi connectivity index (χ2n) is 5.71. The lowest BCUT2D eigenvalue weighted by Gasteiger charge is -2.11. The zero-order chi connectivity index (χ0) is 21.1. The van der Waals surface area contributed by atoms with Gasteiger partial charge in [-0.25, -0.2) is 13.6 Å². The highest BCUT2D eigenvalue weighted by molar-refractivity contribution is 7.89. The Kier molecular flexibility index (Phi) is 6.26. The maximum atomic E-state index is 12.4. The molecule has 9 nitrogen and oxygen atoms in total. The molecule has 0 aliphatic rings. The third-order valence-corrected chi connectivity index (χ3v) is 4.49. The largest absolute Gasteiger partial charge is 0.434 e. The molecule has 0 heterocycles. The lowest BCUT2D eigenvalue weighted by Crippen LogP contribution is -2.12. The van der Waals surface area contributed by atoms with Crippen LogP contribution < -0.4 is 15.3 Å². The molecule has 0 aromatic heterocycles. The van der Waals surface area contributed by atoms with E-state index in [4.69, 9.17) is 5.14 Å². The first-order valence-corrected chi connectivity index (χ1v) is 9.20. The minimum atomic E-state index is -4.10. The van der Waals surface area contributed by atoms with E-state index in [-0.39, 0.29) is 11.4 Å². The predicted molar refractivity (Wildman–Crippen MR) is 98.2 cm³/mol. The fourth-order valence-corrected chi connectivity index (χ4v) is 2.98. The molecule has 2 aromatic carbocycles. The summed E-state index contributed by atoms with van der Waals surface area (Å²) >= 11 is 0. The van der Waals surface area contributed by atoms with Crippen LogP contribution in [0.1, 0.15) is 16.7 Å². The molecule has 0 spiro atoms. The molecule has 2 aromatic rings. The van der Waals surface area contributed by atoms with Gasteiger partial charge in [0.1, 0.15) is 11.4 Å². The van der Waals surface area contributed by atoms with E-state index in [2.05, 4.69) is 15.3 Å². The molecule has 0 saturated heterocycles. The van der Waals surface area contributed by atoms with Gasteiger partial charge in [-0.05, 0) is 54.8 Å². The molecule has 28 heavy (non-hydrogen) atoms. The van der Waals surface area contributed by atoms with E-state index >= 15 is 0 Å². The highest BCUT2D eigenvalue weighted by atomic mass is 32.2. The molecule has 0 aliphatic heterocycles. The number of hydrogen-bond donors (Lipinski definition) is 2. The molecule has 3 N–H and O–H groups in total. The van der Waals surface area contributed by atoms with Gasteiger partial charge in [-0.3, -0.25) is 15.5 Å². The van der Waals surface area contributed by atoms with E-state index in [1.54, 1.807) is 26.0 Å². The number of ether oxygens (including phenoxy) is 1. The fourth-order valence-electron chi connectivity index (χ4n) is 2.44. The minimum Gasteiger partial charge on any atom is -0.434 e. The topological polar surface area (TPSA) is 137 Å². The average molecular weight is 414 g/mol. The molecule has 12 heteroatoms. The van der Waals surface area contributed by atoms with Gasteiger partial charge in [0.15, 0.2) is 0 Å². The minimum absolute atomic E-state index is 0.0558. The molecule has 0 saturated carbocycles. The van der Waals surface area contributed by atoms with Crippen LogP contribution in [0.4, 0.5) is 20.2 Å². The Bertz CT molecular complexity index is 1020. The number of hydrogen-bond acceptors (Lipinski definition) is 7. The zero-order valence-electron chi connectivity index (χ0n) is 14.7. The van der Waals surface area contributed by atoms with Gasteiger partial charge in [-0.2, -0.15) is 13.9 Å². The van der Waals surface area contributed by atoms with Gasteiger partial charge in [0, 0.05) is 6.07 Å². The van der Waals surface area contributed by atoms with Gasteiger partial charge in [-0.1, -0.05) is 0 Å². The van der Waals surface area contributed by atoms with Crippen molar-refractivity contribution >= 4 is 27.6 Å². The Hall–Kier alpha value is -3.12. The van der Waals surface area contributed by atoms with E-state index in [0.717, 1.165) is 18.2 Å². The van der Waals surface area contributed by atoms with Crippen molar-refractivity contribution in [3.63, 3.8) is 0 Å². The average Bonchev–Trinajstić information content (AvgIpc) is 2.57. The number of halogens is 2. The number of rotatable bonds is 7. The standard InChI is InChI=1S/C16H16F2N4O5S/c1-9-5-11(6-10(2)15(9)27-16(17)18)8-20-21-13-4-3-12(28(19,25)26)7-14(13)22(23)24/h3-8,16,21H,1-2H3,(H2,19,25,26)/b20-8-. The van der Waals surface area contributed by atoms with Crippen molar-refractivity contribution in [2.24, 2.45) is 10.2 Å². The number of nitro benzene ring substituents is 1. The van der Waals surface area contributed by atoms with E-state index in [0.29, 0.717) is 16.7 Å². The van der Waals surface area contributed by atoms with Crippen LogP contribution in [-0.4, -0.2) is 26.2 Å². The Morgan fingerprint density at radius 1 is 1.25 bits per heavy atom. The van der Waals surface area contributed by atoms with Gasteiger partial charge < -0.3 is 4.74 Å². The molecule has 0 amide bonds. The van der Waals surface area contributed by atoms with Crippen LogP contribution in [0.3, 0.4) is 0 Å². The van der Waals surface area contributed by atoms with Gasteiger partial charge >= 0.3 is 6.61 Å². The molecular weight excluding hydrogens is 398 g/mol. The SMILES string of the molecule is Cc1cc(/C=N\Nc2ccc(S(N)(=O)=O)cc2[N+](=O)[O-])cc(C)c1OC(F)F. The first-order valence-electron chi connectivity index (χ1n) is 7.65. The fraction of sp³-hybridized carbons (Fsp3) is 0.188. The summed E-state index contributed by atoms with van der Waals surface area (Å²) in [5, 5.41) is 20.0. The van der Waals surface area contributed by atoms with Crippen LogP contribution in [0, 0.1) is 24.0 Å². The summed E-state index contributed by atoms with van der Waals surface area (Å²) in [7, 11) is -4.10. The second-order valence-corrected chi connectivity index (χ2v) is 7.27. The van der Waals surface area contributed by atoms with Crippen molar-refractivity contribution < 1.29 is 26.9 Å². The maximum absolute atomic E-state index is 12.4. The Balaban J connectivity index is 2.26. The first kappa shape index (κ1) is 21.2. The summed E-state index contributed by atoms with van der Waals surface area (Å²) in [6, 6.07) is 6.18. The van der Waals surface area contributed by atoms with Crippen molar-refractivity contribution in [3.05, 3.63) is 57.1 Å². The van der Waals surface area contributed by atoms with Crippen molar-refractivity contribution in [1.29, 1.82) is 0 Å². The summed E-state index contributed by atoms with van der Waals surface area (Å²) in [6.45, 7) is 0.234. The molecule has 0 unspecified atom stereocenters. The summed E-state index contributed by atoms with van der Waals surface area (Å²) in [4.78, 5) is 9.96. The van der Waals surface area contributed by atoms with Gasteiger partial charge in [0.25, 0.3) is 5.69 Å². The number of nitrogens with zero attached hydrogens (tertiary/aromatic N) is 2. The lowest BCUT2D eigenvalue weighted by molar-refractivity contribution is -0.384. The molecule has 0 aliphatic carbocycles. The molecule has 0 bridgehead atoms. The van der Waals surface area contributed by atoms with E-state index in [1.165, 1.54) is 6.21 Å². The van der Waals surface area contributed by atoms with Gasteiger partial charge in [-0.15, -0.1) is 0 Å². The number of anilines is 1. The number of nitrogens with two attached hydrogens (primary N) is 1. The van der Waals surface area contributed by atoms with Crippen molar-refractivity contribution in [2.75, 3.05) is 5.43 Å². The quantitative estimate of drug-likeness (QED) is 0.406. The summed E-state index contributed by atoms with van der Waals surface area (Å²) < 4.78 is 51.9. The normalized spacial score (nSPS) is 11.8. The number of nitro groups is 1. The molecule has 0 fully saturated rings. The molecular formula is C16H16F2N4O5S. The predicted octanol–water partition coefficient (Wildman–Crippen LogP) is 2.91. The molecule has 2 rings (SSSR count). The monoisotopic (exact) mass is 414 g/mol. The van der Waals surface area contributed by atoms with Gasteiger partial charge in [0.05, 0.1) is 16.0 Å². The maximum Gasteiger partial charge on any atom is 0.387 e. The number of benzene rings is 2. The number of primary sulfonamides is 1. The van der Waals surface area contributed by atoms with Crippen LogP contribution >= 0.6 is 0 Å². The molecule has 0 radical (unpaired) electrons. The van der Waals surface area contributed by atoms with Crippen LogP contribution in [0.15, 0.2) is 40.3 Å². The van der Waals surface area contributed by atoms with Crippen LogP contribution in [-0.2, 0) is 10.0 Å². The Morgan fingerprint density at radius 2 is 1.86 bits per heavy atom. The van der Waals surface area contributed by atoms with Crippen molar-refractivity contribution in [1.82, 2.24) is 0 Å². The van der Waals surface area contributed by atoms with Crippen LogP contribution in [0.25, 0.3) is 0 Å². The number of aryl methyl sites for hydroxylation is 2. The van der Waals surface area contributed by atoms with Crippen LogP contribution in [0.5, 0.6) is 5.75 Å². The van der Waals surface area contributed by atoms with Crippen molar-refractivity contribution in [3.8, 4) is 5.75 Å². The number of alkyl halides is 2. The summed E-state index contributed by atoms with van der Waals surface area (Å²) in [5.74, 6) is 0.0642. The highest BCUT2D eigenvalue weighted by Gasteiger charge is 2.19. The van der Waals surface area contributed by atoms with E-state index in [9.17, 15) is 27.3 Å². The first-order chi connectivity index (χ1) is 13.0. The second kappa shape index (κ2) is 8.27. The number of nitrogens with one attached hydrogen (secondary N) is 1. The van der Waals surface area contributed by atoms with Crippen molar-refractivity contribution in [2.45, 2.75) is 25.4 Å².